The first-order valence-corrected chi connectivity index (χ1v) is 4.29. The summed E-state index contributed by atoms with van der Waals surface area (Å²) in [6.07, 6.45) is 1.35. The molecule has 0 amide bonds. The first-order valence-electron chi connectivity index (χ1n) is 4.29. The van der Waals surface area contributed by atoms with Crippen LogP contribution in [0.1, 0.15) is 31.1 Å². The van der Waals surface area contributed by atoms with Gasteiger partial charge in [-0.15, -0.1) is 0 Å². The van der Waals surface area contributed by atoms with Gasteiger partial charge in [0.25, 0.3) is 0 Å². The van der Waals surface area contributed by atoms with Crippen LogP contribution in [0, 0.1) is 0 Å². The highest BCUT2D eigenvalue weighted by atomic mass is 16.6. The average molecular weight is 211 g/mol. The third kappa shape index (κ3) is 3.08. The van der Waals surface area contributed by atoms with Gasteiger partial charge in [-0.3, -0.25) is 0 Å². The van der Waals surface area contributed by atoms with Crippen molar-refractivity contribution in [2.24, 2.45) is 0 Å². The van der Waals surface area contributed by atoms with Gasteiger partial charge in [0.15, 0.2) is 0 Å². The van der Waals surface area contributed by atoms with E-state index in [4.69, 9.17) is 4.74 Å². The Kier molecular flexibility index (Phi) is 2.78. The average Bonchev–Trinajstić information content (AvgIpc) is 2.47. The van der Waals surface area contributed by atoms with Crippen molar-refractivity contribution in [1.29, 1.82) is 0 Å². The van der Waals surface area contributed by atoms with Gasteiger partial charge in [-0.25, -0.2) is 4.79 Å². The van der Waals surface area contributed by atoms with E-state index in [-0.39, 0.29) is 5.56 Å². The number of carboxylic acid groups (broad SMARTS) is 1. The van der Waals surface area contributed by atoms with Crippen LogP contribution < -0.4 is 5.11 Å². The standard InChI is InChI=1S/C9H12N2O4/c1-9(2,3)15-8(14)11-5-6(4-10-11)7(12)13/h4-5H,1-3H3,(H,12,13)/p-1. The molecule has 1 aromatic heterocycles. The topological polar surface area (TPSA) is 84.2 Å². The molecule has 0 spiro atoms. The zero-order valence-electron chi connectivity index (χ0n) is 8.68. The fourth-order valence-corrected chi connectivity index (χ4v) is 0.837. The number of aromatic carboxylic acids is 1. The molecule has 15 heavy (non-hydrogen) atoms. The van der Waals surface area contributed by atoms with Crippen LogP contribution in [0.4, 0.5) is 4.79 Å². The lowest BCUT2D eigenvalue weighted by atomic mass is 10.2. The maximum atomic E-state index is 11.4. The van der Waals surface area contributed by atoms with E-state index in [1.54, 1.807) is 20.8 Å². The van der Waals surface area contributed by atoms with E-state index in [1.807, 2.05) is 0 Å². The molecular formula is C9H11N2O4-. The molecule has 6 nitrogen and oxygen atoms in total. The highest BCUT2D eigenvalue weighted by Crippen LogP contribution is 2.08. The molecule has 0 aliphatic carbocycles. The Morgan fingerprint density at radius 1 is 1.47 bits per heavy atom. The van der Waals surface area contributed by atoms with Crippen molar-refractivity contribution in [3.63, 3.8) is 0 Å². The van der Waals surface area contributed by atoms with Crippen LogP contribution in [-0.2, 0) is 4.74 Å². The summed E-state index contributed by atoms with van der Waals surface area (Å²) in [5, 5.41) is 13.9. The van der Waals surface area contributed by atoms with E-state index in [1.165, 1.54) is 0 Å². The van der Waals surface area contributed by atoms with Gasteiger partial charge in [0.05, 0.1) is 12.2 Å². The molecule has 0 fully saturated rings. The molecule has 0 N–H and O–H groups in total. The van der Waals surface area contributed by atoms with Gasteiger partial charge in [0.2, 0.25) is 0 Å². The lowest BCUT2D eigenvalue weighted by Gasteiger charge is -2.18. The molecule has 6 heteroatoms. The first-order chi connectivity index (χ1) is 6.79. The first kappa shape index (κ1) is 11.2. The molecule has 0 atom stereocenters. The largest absolute Gasteiger partial charge is 0.545 e. The Morgan fingerprint density at radius 2 is 2.07 bits per heavy atom. The zero-order chi connectivity index (χ0) is 11.6. The quantitative estimate of drug-likeness (QED) is 0.654. The maximum absolute atomic E-state index is 11.4. The predicted molar refractivity (Wildman–Crippen MR) is 48.2 cm³/mol. The van der Waals surface area contributed by atoms with Crippen molar-refractivity contribution in [2.45, 2.75) is 26.4 Å². The molecule has 0 aliphatic heterocycles. The molecule has 0 bridgehead atoms. The third-order valence-corrected chi connectivity index (χ3v) is 1.40. The minimum absolute atomic E-state index is 0.166. The second-order valence-electron chi connectivity index (χ2n) is 3.94. The lowest BCUT2D eigenvalue weighted by molar-refractivity contribution is -0.255. The van der Waals surface area contributed by atoms with Crippen LogP contribution in [0.3, 0.4) is 0 Å². The van der Waals surface area contributed by atoms with E-state index in [9.17, 15) is 14.7 Å². The minimum atomic E-state index is -1.38. The van der Waals surface area contributed by atoms with E-state index in [0.29, 0.717) is 0 Å². The molecule has 1 rings (SSSR count). The summed E-state index contributed by atoms with van der Waals surface area (Å²) in [6, 6.07) is 0. The Labute approximate surface area is 86.5 Å². The Bertz CT molecular complexity index is 389. The summed E-state index contributed by atoms with van der Waals surface area (Å²) >= 11 is 0. The van der Waals surface area contributed by atoms with E-state index in [0.717, 1.165) is 17.1 Å². The maximum Gasteiger partial charge on any atom is 0.435 e. The fourth-order valence-electron chi connectivity index (χ4n) is 0.837. The third-order valence-electron chi connectivity index (χ3n) is 1.40. The zero-order valence-corrected chi connectivity index (χ0v) is 8.68. The molecule has 0 saturated heterocycles. The molecule has 0 aliphatic rings. The number of nitrogens with zero attached hydrogens (tertiary/aromatic N) is 2. The van der Waals surface area contributed by atoms with Crippen molar-refractivity contribution in [3.05, 3.63) is 18.0 Å². The number of hydrogen-bond donors (Lipinski definition) is 0. The lowest BCUT2D eigenvalue weighted by Crippen LogP contribution is -2.27. The minimum Gasteiger partial charge on any atom is -0.545 e. The van der Waals surface area contributed by atoms with Gasteiger partial charge in [-0.05, 0) is 20.8 Å². The molecule has 0 unspecified atom stereocenters. The molecule has 1 heterocycles. The molecule has 0 aromatic carbocycles. The molecular weight excluding hydrogens is 200 g/mol. The van der Waals surface area contributed by atoms with Gasteiger partial charge >= 0.3 is 6.09 Å². The SMILES string of the molecule is CC(C)(C)OC(=O)n1cc(C(=O)[O-])cn1. The highest BCUT2D eigenvalue weighted by molar-refractivity contribution is 5.86. The van der Waals surface area contributed by atoms with Gasteiger partial charge in [-0.2, -0.15) is 9.78 Å². The van der Waals surface area contributed by atoms with Crippen molar-refractivity contribution in [3.8, 4) is 0 Å². The van der Waals surface area contributed by atoms with Crippen LogP contribution in [0.15, 0.2) is 12.4 Å². The second-order valence-corrected chi connectivity index (χ2v) is 3.94. The smallest absolute Gasteiger partial charge is 0.435 e. The molecule has 0 saturated carbocycles. The second kappa shape index (κ2) is 3.72. The van der Waals surface area contributed by atoms with Crippen molar-refractivity contribution in [2.75, 3.05) is 0 Å². The molecule has 0 radical (unpaired) electrons. The van der Waals surface area contributed by atoms with Crippen molar-refractivity contribution >= 4 is 12.1 Å². The monoisotopic (exact) mass is 211 g/mol. The number of ether oxygens (including phenoxy) is 1. The van der Waals surface area contributed by atoms with Crippen LogP contribution in [0.2, 0.25) is 0 Å². The number of hydrogen-bond acceptors (Lipinski definition) is 5. The summed E-state index contributed by atoms with van der Waals surface area (Å²) in [4.78, 5) is 21.8. The van der Waals surface area contributed by atoms with Crippen LogP contribution in [0.25, 0.3) is 0 Å². The van der Waals surface area contributed by atoms with E-state index < -0.39 is 17.7 Å². The normalized spacial score (nSPS) is 11.1. The van der Waals surface area contributed by atoms with E-state index >= 15 is 0 Å². The van der Waals surface area contributed by atoms with Crippen molar-refractivity contribution < 1.29 is 19.4 Å². The summed E-state index contributed by atoms with van der Waals surface area (Å²) in [7, 11) is 0. The van der Waals surface area contributed by atoms with Crippen LogP contribution >= 0.6 is 0 Å². The number of aromatic nitrogens is 2. The Hall–Kier alpha value is -1.85. The summed E-state index contributed by atoms with van der Waals surface area (Å²) in [5.74, 6) is -1.38. The number of carbonyl (C=O) groups is 2. The van der Waals surface area contributed by atoms with Crippen LogP contribution in [-0.4, -0.2) is 27.4 Å². The summed E-state index contributed by atoms with van der Waals surface area (Å²) in [6.45, 7) is 5.11. The predicted octanol–water partition coefficient (Wildman–Crippen LogP) is 0.0298. The van der Waals surface area contributed by atoms with Crippen LogP contribution in [0.5, 0.6) is 0 Å². The van der Waals surface area contributed by atoms with E-state index in [2.05, 4.69) is 5.10 Å². The Morgan fingerprint density at radius 3 is 2.47 bits per heavy atom. The van der Waals surface area contributed by atoms with Gasteiger partial charge in [0.1, 0.15) is 5.60 Å². The van der Waals surface area contributed by atoms with Gasteiger partial charge in [0, 0.05) is 11.8 Å². The summed E-state index contributed by atoms with van der Waals surface area (Å²) < 4.78 is 5.78. The van der Waals surface area contributed by atoms with Crippen molar-refractivity contribution in [1.82, 2.24) is 9.78 Å². The molecule has 1 aromatic rings. The Balaban J connectivity index is 2.79. The summed E-state index contributed by atoms with van der Waals surface area (Å²) in [5.41, 5.74) is -0.814. The highest BCUT2D eigenvalue weighted by Gasteiger charge is 2.18. The number of carboxylic acids is 1. The number of carbonyl (C=O) groups excluding carboxylic acids is 2. The van der Waals surface area contributed by atoms with Gasteiger partial charge in [-0.1, -0.05) is 0 Å². The number of rotatable bonds is 1. The van der Waals surface area contributed by atoms with Gasteiger partial charge < -0.3 is 14.6 Å². The molecule has 82 valence electrons. The fraction of sp³-hybridized carbons (Fsp3) is 0.444.